The Hall–Kier alpha value is -1.60. The third kappa shape index (κ3) is 5.02. The van der Waals surface area contributed by atoms with Crippen molar-refractivity contribution in [1.29, 1.82) is 0 Å². The van der Waals surface area contributed by atoms with Gasteiger partial charge in [-0.1, -0.05) is 24.3 Å². The number of hydrogen-bond donors (Lipinski definition) is 3. The quantitative estimate of drug-likeness (QED) is 0.391. The minimum atomic E-state index is -4.23. The van der Waals surface area contributed by atoms with Gasteiger partial charge in [0.2, 0.25) is 0 Å². The van der Waals surface area contributed by atoms with Gasteiger partial charge in [0, 0.05) is 6.20 Å². The lowest BCUT2D eigenvalue weighted by Crippen LogP contribution is -2.27. The zero-order valence-electron chi connectivity index (χ0n) is 11.2. The smallest absolute Gasteiger partial charge is 0.329 e. The van der Waals surface area contributed by atoms with Gasteiger partial charge in [-0.05, 0) is 12.1 Å². The molecule has 0 saturated carbocycles. The molecule has 0 aromatic heterocycles. The predicted molar refractivity (Wildman–Crippen MR) is 81.0 cm³/mol. The van der Waals surface area contributed by atoms with Crippen LogP contribution in [0.3, 0.4) is 0 Å². The van der Waals surface area contributed by atoms with Crippen LogP contribution in [-0.4, -0.2) is 35.2 Å². The van der Waals surface area contributed by atoms with Crippen LogP contribution in [0.5, 0.6) is 0 Å². The fourth-order valence-corrected chi connectivity index (χ4v) is 3.30. The van der Waals surface area contributed by atoms with Gasteiger partial charge in [-0.2, -0.15) is 0 Å². The van der Waals surface area contributed by atoms with E-state index in [4.69, 9.17) is 15.5 Å². The Labute approximate surface area is 123 Å². The molecule has 0 saturated heterocycles. The van der Waals surface area contributed by atoms with Crippen molar-refractivity contribution in [3.63, 3.8) is 0 Å². The molecule has 21 heavy (non-hydrogen) atoms. The lowest BCUT2D eigenvalue weighted by atomic mass is 10.3. The molecule has 1 aromatic rings. The number of nitrogens with zero attached hydrogens (tertiary/aromatic N) is 1. The second-order valence-corrected chi connectivity index (χ2v) is 7.69. The average molecular weight is 332 g/mol. The van der Waals surface area contributed by atoms with Crippen LogP contribution in [0.4, 0.5) is 5.69 Å². The van der Waals surface area contributed by atoms with E-state index < -0.39 is 23.8 Å². The summed E-state index contributed by atoms with van der Waals surface area (Å²) in [5.74, 6) is 0. The van der Waals surface area contributed by atoms with E-state index in [-0.39, 0.29) is 17.1 Å². The maximum atomic E-state index is 12.5. The summed E-state index contributed by atoms with van der Waals surface area (Å²) in [5.41, 5.74) is 5.75. The van der Waals surface area contributed by atoms with E-state index in [2.05, 4.69) is 6.58 Å². The van der Waals surface area contributed by atoms with Crippen LogP contribution in [0.1, 0.15) is 0 Å². The molecular formula is C12H17N2O5PS. The second kappa shape index (κ2) is 6.91. The van der Waals surface area contributed by atoms with Gasteiger partial charge in [0.25, 0.3) is 10.0 Å². The third-order valence-corrected chi connectivity index (χ3v) is 4.93. The number of hydrogen-bond acceptors (Lipinski definition) is 4. The van der Waals surface area contributed by atoms with Gasteiger partial charge in [0.1, 0.15) is 4.90 Å². The highest BCUT2D eigenvalue weighted by Crippen LogP contribution is 2.34. The number of rotatable bonds is 7. The van der Waals surface area contributed by atoms with Crippen molar-refractivity contribution in [2.24, 2.45) is 0 Å². The molecule has 9 heteroatoms. The Bertz CT molecular complexity index is 681. The molecule has 4 N–H and O–H groups in total. The summed E-state index contributed by atoms with van der Waals surface area (Å²) < 4.78 is 36.6. The summed E-state index contributed by atoms with van der Waals surface area (Å²) >= 11 is 0. The summed E-state index contributed by atoms with van der Waals surface area (Å²) in [7, 11) is -8.15. The fourth-order valence-electron chi connectivity index (χ4n) is 1.51. The maximum absolute atomic E-state index is 12.5. The zero-order chi connectivity index (χ0) is 16.1. The highest BCUT2D eigenvalue weighted by Gasteiger charge is 2.23. The van der Waals surface area contributed by atoms with Crippen molar-refractivity contribution in [3.05, 3.63) is 49.2 Å². The molecule has 0 spiro atoms. The number of sulfonamides is 1. The highest BCUT2D eigenvalue weighted by molar-refractivity contribution is 7.89. The first-order chi connectivity index (χ1) is 9.68. The van der Waals surface area contributed by atoms with Gasteiger partial charge in [-0.3, -0.25) is 8.87 Å². The monoisotopic (exact) mass is 332 g/mol. The molecule has 1 rings (SSSR count). The number of anilines is 1. The molecule has 0 amide bonds. The van der Waals surface area contributed by atoms with Crippen LogP contribution >= 0.6 is 7.60 Å². The molecular weight excluding hydrogens is 315 g/mol. The summed E-state index contributed by atoms with van der Waals surface area (Å²) in [6, 6.07) is 5.96. The van der Waals surface area contributed by atoms with Gasteiger partial charge >= 0.3 is 7.60 Å². The van der Waals surface area contributed by atoms with Gasteiger partial charge < -0.3 is 15.5 Å². The van der Waals surface area contributed by atoms with E-state index in [9.17, 15) is 13.0 Å². The lowest BCUT2D eigenvalue weighted by Gasteiger charge is -2.19. The molecule has 0 aliphatic carbocycles. The Morgan fingerprint density at radius 1 is 1.33 bits per heavy atom. The van der Waals surface area contributed by atoms with Crippen LogP contribution in [0, 0.1) is 0 Å². The van der Waals surface area contributed by atoms with Crippen molar-refractivity contribution in [1.82, 2.24) is 4.31 Å². The standard InChI is InChI=1S/C12H17N2O5PS/c1-2-8-14(9-5-10-20(15,16)17)21(18,19)12-7-4-3-6-11(12)13/h2-7,9H,1,8,10,13H2,(H2,15,16,17). The lowest BCUT2D eigenvalue weighted by molar-refractivity contribution is 0.376. The van der Waals surface area contributed by atoms with Crippen LogP contribution in [0.15, 0.2) is 54.1 Å². The largest absolute Gasteiger partial charge is 0.398 e. The molecule has 1 aromatic carbocycles. The zero-order valence-corrected chi connectivity index (χ0v) is 12.9. The normalized spacial score (nSPS) is 12.5. The third-order valence-electron chi connectivity index (χ3n) is 2.43. The minimum absolute atomic E-state index is 0.0473. The molecule has 0 fully saturated rings. The van der Waals surface area contributed by atoms with E-state index in [1.807, 2.05) is 0 Å². The van der Waals surface area contributed by atoms with Crippen LogP contribution in [-0.2, 0) is 14.6 Å². The Morgan fingerprint density at radius 2 is 1.95 bits per heavy atom. The molecule has 0 heterocycles. The van der Waals surface area contributed by atoms with E-state index in [0.29, 0.717) is 0 Å². The van der Waals surface area contributed by atoms with Gasteiger partial charge in [0.05, 0.1) is 18.4 Å². The Balaban J connectivity index is 3.13. The van der Waals surface area contributed by atoms with Crippen molar-refractivity contribution in [2.45, 2.75) is 4.90 Å². The minimum Gasteiger partial charge on any atom is -0.398 e. The van der Waals surface area contributed by atoms with Crippen molar-refractivity contribution in [2.75, 3.05) is 18.4 Å². The van der Waals surface area contributed by atoms with Crippen LogP contribution < -0.4 is 5.73 Å². The molecule has 7 nitrogen and oxygen atoms in total. The number of benzene rings is 1. The van der Waals surface area contributed by atoms with E-state index in [0.717, 1.165) is 16.6 Å². The summed E-state index contributed by atoms with van der Waals surface area (Å²) in [6.07, 6.45) is 3.00. The Morgan fingerprint density at radius 3 is 2.48 bits per heavy atom. The van der Waals surface area contributed by atoms with E-state index in [1.165, 1.54) is 24.3 Å². The fraction of sp³-hybridized carbons (Fsp3) is 0.167. The molecule has 0 bridgehead atoms. The van der Waals surface area contributed by atoms with Crippen molar-refractivity contribution < 1.29 is 22.8 Å². The summed E-state index contributed by atoms with van der Waals surface area (Å²) in [4.78, 5) is 17.5. The number of nitrogen functional groups attached to an aromatic ring is 1. The first kappa shape index (κ1) is 17.5. The van der Waals surface area contributed by atoms with E-state index >= 15 is 0 Å². The maximum Gasteiger partial charge on any atom is 0.329 e. The predicted octanol–water partition coefficient (Wildman–Crippen LogP) is 1.14. The van der Waals surface area contributed by atoms with Crippen LogP contribution in [0.25, 0.3) is 0 Å². The molecule has 0 unspecified atom stereocenters. The first-order valence-electron chi connectivity index (χ1n) is 5.87. The topological polar surface area (TPSA) is 121 Å². The Kier molecular flexibility index (Phi) is 5.74. The highest BCUT2D eigenvalue weighted by atomic mass is 32.2. The summed E-state index contributed by atoms with van der Waals surface area (Å²) in [6.45, 7) is 3.41. The number of allylic oxidation sites excluding steroid dienone is 1. The SMILES string of the molecule is C=CCN(C=CCP(=O)(O)O)S(=O)(=O)c1ccccc1N. The van der Waals surface area contributed by atoms with Crippen molar-refractivity contribution in [3.8, 4) is 0 Å². The van der Waals surface area contributed by atoms with E-state index in [1.54, 1.807) is 6.07 Å². The van der Waals surface area contributed by atoms with Gasteiger partial charge in [0.15, 0.2) is 0 Å². The summed E-state index contributed by atoms with van der Waals surface area (Å²) in [5, 5.41) is 0. The second-order valence-electron chi connectivity index (χ2n) is 4.13. The molecule has 0 atom stereocenters. The van der Waals surface area contributed by atoms with Gasteiger partial charge in [-0.15, -0.1) is 6.58 Å². The number of nitrogens with two attached hydrogens (primary N) is 1. The molecule has 116 valence electrons. The molecule has 0 aliphatic rings. The van der Waals surface area contributed by atoms with Crippen molar-refractivity contribution >= 4 is 23.3 Å². The van der Waals surface area contributed by atoms with Crippen LogP contribution in [0.2, 0.25) is 0 Å². The first-order valence-corrected chi connectivity index (χ1v) is 9.11. The van der Waals surface area contributed by atoms with Gasteiger partial charge in [-0.25, -0.2) is 8.42 Å². The molecule has 0 radical (unpaired) electrons. The number of para-hydroxylation sites is 1. The molecule has 0 aliphatic heterocycles. The average Bonchev–Trinajstić information content (AvgIpc) is 2.36.